The van der Waals surface area contributed by atoms with Gasteiger partial charge in [-0.15, -0.1) is 0 Å². The minimum atomic E-state index is -0.297. The van der Waals surface area contributed by atoms with Crippen LogP contribution in [-0.2, 0) is 16.2 Å². The minimum absolute atomic E-state index is 0.00574. The van der Waals surface area contributed by atoms with Gasteiger partial charge in [0.2, 0.25) is 5.91 Å². The van der Waals surface area contributed by atoms with Crippen molar-refractivity contribution in [3.05, 3.63) is 71.0 Å². The van der Waals surface area contributed by atoms with Crippen molar-refractivity contribution >= 4 is 11.6 Å². The number of benzene rings is 2. The second-order valence-electron chi connectivity index (χ2n) is 7.75. The number of carbonyl (C=O) groups excluding carboxylic acids is 1. The van der Waals surface area contributed by atoms with Crippen LogP contribution < -0.4 is 0 Å². The summed E-state index contributed by atoms with van der Waals surface area (Å²) in [6, 6.07) is 14.6. The lowest BCUT2D eigenvalue weighted by Crippen LogP contribution is -2.38. The molecular weight excluding hydrogens is 355 g/mol. The van der Waals surface area contributed by atoms with Gasteiger partial charge < -0.3 is 9.74 Å². The van der Waals surface area contributed by atoms with E-state index in [0.29, 0.717) is 24.9 Å². The SMILES string of the molecule is Cc1ccccc1C1=NOC(CN(Cc2ccccc2F)C(=O)CC(C)C)C1. The second kappa shape index (κ2) is 9.00. The zero-order chi connectivity index (χ0) is 20.1. The van der Waals surface area contributed by atoms with Gasteiger partial charge in [-0.05, 0) is 24.5 Å². The molecule has 0 bridgehead atoms. The zero-order valence-electron chi connectivity index (χ0n) is 16.7. The summed E-state index contributed by atoms with van der Waals surface area (Å²) in [5.74, 6) is -0.0564. The third-order valence-electron chi connectivity index (χ3n) is 4.87. The van der Waals surface area contributed by atoms with Gasteiger partial charge in [-0.25, -0.2) is 4.39 Å². The molecule has 5 heteroatoms. The van der Waals surface area contributed by atoms with E-state index >= 15 is 0 Å². The maximum atomic E-state index is 14.1. The number of carbonyl (C=O) groups is 1. The maximum absolute atomic E-state index is 14.1. The van der Waals surface area contributed by atoms with Gasteiger partial charge in [0.05, 0.1) is 12.3 Å². The standard InChI is InChI=1S/C23H27FN2O2/c1-16(2)12-23(27)26(14-18-9-5-7-11-21(18)24)15-19-13-22(25-28-19)20-10-6-4-8-17(20)3/h4-11,16,19H,12-15H2,1-3H3. The molecule has 28 heavy (non-hydrogen) atoms. The van der Waals surface area contributed by atoms with Gasteiger partial charge in [0.15, 0.2) is 6.10 Å². The van der Waals surface area contributed by atoms with Crippen molar-refractivity contribution in [1.29, 1.82) is 0 Å². The molecule has 0 radical (unpaired) electrons. The van der Waals surface area contributed by atoms with Gasteiger partial charge in [-0.1, -0.05) is 61.5 Å². The highest BCUT2D eigenvalue weighted by atomic mass is 19.1. The Bertz CT molecular complexity index is 863. The summed E-state index contributed by atoms with van der Waals surface area (Å²) in [5.41, 5.74) is 3.62. The Labute approximate surface area is 166 Å². The van der Waals surface area contributed by atoms with Crippen LogP contribution in [0.1, 0.15) is 43.4 Å². The summed E-state index contributed by atoms with van der Waals surface area (Å²) in [7, 11) is 0. The van der Waals surface area contributed by atoms with Crippen LogP contribution in [0.15, 0.2) is 53.7 Å². The molecule has 4 nitrogen and oxygen atoms in total. The van der Waals surface area contributed by atoms with Crippen molar-refractivity contribution in [2.45, 2.75) is 46.3 Å². The minimum Gasteiger partial charge on any atom is -0.390 e. The molecule has 1 amide bonds. The average molecular weight is 382 g/mol. The maximum Gasteiger partial charge on any atom is 0.223 e. The van der Waals surface area contributed by atoms with E-state index in [9.17, 15) is 9.18 Å². The first-order chi connectivity index (χ1) is 13.4. The smallest absolute Gasteiger partial charge is 0.223 e. The second-order valence-corrected chi connectivity index (χ2v) is 7.75. The van der Waals surface area contributed by atoms with Crippen molar-refractivity contribution in [3.63, 3.8) is 0 Å². The van der Waals surface area contributed by atoms with E-state index < -0.39 is 0 Å². The third kappa shape index (κ3) is 4.97. The van der Waals surface area contributed by atoms with Crippen LogP contribution in [0.5, 0.6) is 0 Å². The summed E-state index contributed by atoms with van der Waals surface area (Å²) in [6.07, 6.45) is 0.831. The Kier molecular flexibility index (Phi) is 6.45. The van der Waals surface area contributed by atoms with Crippen LogP contribution >= 0.6 is 0 Å². The van der Waals surface area contributed by atoms with E-state index in [1.54, 1.807) is 23.1 Å². The van der Waals surface area contributed by atoms with Crippen molar-refractivity contribution in [2.24, 2.45) is 11.1 Å². The molecule has 1 aliphatic rings. The van der Waals surface area contributed by atoms with E-state index in [1.165, 1.54) is 6.07 Å². The zero-order valence-corrected chi connectivity index (χ0v) is 16.7. The van der Waals surface area contributed by atoms with E-state index in [2.05, 4.69) is 5.16 Å². The predicted octanol–water partition coefficient (Wildman–Crippen LogP) is 4.70. The molecule has 2 aromatic carbocycles. The highest BCUT2D eigenvalue weighted by Gasteiger charge is 2.28. The van der Waals surface area contributed by atoms with Crippen LogP contribution in [0.2, 0.25) is 0 Å². The molecular formula is C23H27FN2O2. The molecule has 0 saturated carbocycles. The van der Waals surface area contributed by atoms with E-state index in [0.717, 1.165) is 16.8 Å². The Morgan fingerprint density at radius 3 is 2.64 bits per heavy atom. The molecule has 2 aromatic rings. The van der Waals surface area contributed by atoms with Crippen LogP contribution in [0.25, 0.3) is 0 Å². The molecule has 1 heterocycles. The highest BCUT2D eigenvalue weighted by Crippen LogP contribution is 2.22. The van der Waals surface area contributed by atoms with Gasteiger partial charge in [0, 0.05) is 30.5 Å². The van der Waals surface area contributed by atoms with Crippen LogP contribution in [0.4, 0.5) is 4.39 Å². The molecule has 1 atom stereocenters. The predicted molar refractivity (Wildman–Crippen MR) is 108 cm³/mol. The van der Waals surface area contributed by atoms with Gasteiger partial charge >= 0.3 is 0 Å². The fourth-order valence-corrected chi connectivity index (χ4v) is 3.39. The van der Waals surface area contributed by atoms with Gasteiger partial charge in [0.25, 0.3) is 0 Å². The molecule has 148 valence electrons. The monoisotopic (exact) mass is 382 g/mol. The summed E-state index contributed by atoms with van der Waals surface area (Å²) >= 11 is 0. The molecule has 1 unspecified atom stereocenters. The number of amides is 1. The number of aryl methyl sites for hydroxylation is 1. The molecule has 0 saturated heterocycles. The molecule has 1 aliphatic heterocycles. The largest absolute Gasteiger partial charge is 0.390 e. The lowest BCUT2D eigenvalue weighted by molar-refractivity contribution is -0.134. The van der Waals surface area contributed by atoms with Crippen LogP contribution in [0, 0.1) is 18.7 Å². The number of halogens is 1. The fraction of sp³-hybridized carbons (Fsp3) is 0.391. The molecule has 0 fully saturated rings. The third-order valence-corrected chi connectivity index (χ3v) is 4.87. The summed E-state index contributed by atoms with van der Waals surface area (Å²) < 4.78 is 14.1. The van der Waals surface area contributed by atoms with Gasteiger partial charge in [-0.2, -0.15) is 0 Å². The summed E-state index contributed by atoms with van der Waals surface area (Å²) in [6.45, 7) is 6.67. The topological polar surface area (TPSA) is 41.9 Å². The average Bonchev–Trinajstić information content (AvgIpc) is 3.11. The molecule has 0 N–H and O–H groups in total. The van der Waals surface area contributed by atoms with E-state index in [-0.39, 0.29) is 30.3 Å². The molecule has 0 aromatic heterocycles. The first-order valence-corrected chi connectivity index (χ1v) is 9.74. The van der Waals surface area contributed by atoms with Gasteiger partial charge in [0.1, 0.15) is 5.82 Å². The van der Waals surface area contributed by atoms with E-state index in [4.69, 9.17) is 4.84 Å². The molecule has 3 rings (SSSR count). The molecule has 0 aliphatic carbocycles. The number of hydrogen-bond acceptors (Lipinski definition) is 3. The quantitative estimate of drug-likeness (QED) is 0.696. The Hall–Kier alpha value is -2.69. The number of rotatable bonds is 7. The summed E-state index contributed by atoms with van der Waals surface area (Å²) in [5, 5.41) is 4.25. The lowest BCUT2D eigenvalue weighted by atomic mass is 10.00. The Balaban J connectivity index is 1.71. The van der Waals surface area contributed by atoms with Crippen LogP contribution in [0.3, 0.4) is 0 Å². The van der Waals surface area contributed by atoms with Crippen LogP contribution in [-0.4, -0.2) is 29.2 Å². The fourth-order valence-electron chi connectivity index (χ4n) is 3.39. The lowest BCUT2D eigenvalue weighted by Gasteiger charge is -2.26. The highest BCUT2D eigenvalue weighted by molar-refractivity contribution is 6.02. The van der Waals surface area contributed by atoms with Crippen molar-refractivity contribution < 1.29 is 14.0 Å². The van der Waals surface area contributed by atoms with Gasteiger partial charge in [-0.3, -0.25) is 4.79 Å². The number of nitrogens with zero attached hydrogens (tertiary/aromatic N) is 2. The van der Waals surface area contributed by atoms with Crippen molar-refractivity contribution in [1.82, 2.24) is 4.90 Å². The van der Waals surface area contributed by atoms with E-state index in [1.807, 2.05) is 45.0 Å². The van der Waals surface area contributed by atoms with Crippen molar-refractivity contribution in [2.75, 3.05) is 6.54 Å². The number of oxime groups is 1. The summed E-state index contributed by atoms with van der Waals surface area (Å²) in [4.78, 5) is 20.1. The first-order valence-electron chi connectivity index (χ1n) is 9.74. The first kappa shape index (κ1) is 20.1. The number of hydrogen-bond donors (Lipinski definition) is 0. The Morgan fingerprint density at radius 1 is 1.21 bits per heavy atom. The van der Waals surface area contributed by atoms with Crippen molar-refractivity contribution in [3.8, 4) is 0 Å². The normalized spacial score (nSPS) is 16.0. The Morgan fingerprint density at radius 2 is 1.93 bits per heavy atom. The molecule has 0 spiro atoms.